The van der Waals surface area contributed by atoms with Gasteiger partial charge in [0, 0.05) is 19.1 Å². The van der Waals surface area contributed by atoms with Crippen molar-refractivity contribution >= 4 is 23.6 Å². The molecule has 0 spiro atoms. The third-order valence-electron chi connectivity index (χ3n) is 3.52. The van der Waals surface area contributed by atoms with Crippen molar-refractivity contribution in [2.24, 2.45) is 0 Å². The van der Waals surface area contributed by atoms with Crippen molar-refractivity contribution in [3.63, 3.8) is 0 Å². The topological polar surface area (TPSA) is 36.9 Å². The van der Waals surface area contributed by atoms with Gasteiger partial charge in [-0.15, -0.1) is 11.3 Å². The van der Waals surface area contributed by atoms with Gasteiger partial charge in [-0.1, -0.05) is 13.0 Å². The van der Waals surface area contributed by atoms with Crippen molar-refractivity contribution in [3.05, 3.63) is 22.3 Å². The fourth-order valence-corrected chi connectivity index (χ4v) is 2.85. The molecule has 2 rings (SSSR count). The predicted molar refractivity (Wildman–Crippen MR) is 83.1 cm³/mol. The fraction of sp³-hybridized carbons (Fsp3) is 0.538. The van der Waals surface area contributed by atoms with Gasteiger partial charge in [0.1, 0.15) is 0 Å². The molecule has 0 fully saturated rings. The van der Waals surface area contributed by atoms with E-state index >= 15 is 0 Å². The van der Waals surface area contributed by atoms with Gasteiger partial charge in [-0.3, -0.25) is 9.67 Å². The fourth-order valence-electron chi connectivity index (χ4n) is 1.91. The molecule has 0 radical (unpaired) electrons. The molecule has 2 heterocycles. The number of aromatic amines is 1. The van der Waals surface area contributed by atoms with Gasteiger partial charge < -0.3 is 4.90 Å². The Labute approximate surface area is 123 Å². The van der Waals surface area contributed by atoms with Gasteiger partial charge in [0.15, 0.2) is 10.6 Å². The maximum absolute atomic E-state index is 5.32. The third kappa shape index (κ3) is 3.32. The van der Waals surface area contributed by atoms with Gasteiger partial charge in [-0.05, 0) is 44.1 Å². The maximum Gasteiger partial charge on any atom is 0.195 e. The predicted octanol–water partition coefficient (Wildman–Crippen LogP) is 3.40. The number of rotatable bonds is 6. The van der Waals surface area contributed by atoms with Crippen LogP contribution in [0.25, 0.3) is 10.7 Å². The second-order valence-electron chi connectivity index (χ2n) is 4.72. The molecule has 104 valence electrons. The lowest BCUT2D eigenvalue weighted by molar-refractivity contribution is 0.242. The monoisotopic (exact) mass is 296 g/mol. The molecule has 19 heavy (non-hydrogen) atoms. The molecule has 6 heteroatoms. The van der Waals surface area contributed by atoms with E-state index < -0.39 is 0 Å². The van der Waals surface area contributed by atoms with Crippen LogP contribution in [0.3, 0.4) is 0 Å². The van der Waals surface area contributed by atoms with E-state index in [0.717, 1.165) is 30.2 Å². The van der Waals surface area contributed by atoms with E-state index in [0.29, 0.717) is 10.8 Å². The van der Waals surface area contributed by atoms with Gasteiger partial charge >= 0.3 is 0 Å². The number of thiophene rings is 1. The molecule has 2 aromatic rings. The number of nitrogens with one attached hydrogen (secondary N) is 1. The van der Waals surface area contributed by atoms with Crippen molar-refractivity contribution in [1.29, 1.82) is 0 Å². The first-order chi connectivity index (χ1) is 9.13. The standard InChI is InChI=1S/C13H20N4S2/c1-4-10(2)16(3)7-8-17-12(14-15-13(17)18)11-6-5-9-19-11/h5-6,9-10H,4,7-8H2,1-3H3,(H,15,18). The molecule has 1 atom stereocenters. The van der Waals surface area contributed by atoms with Crippen LogP contribution in [0.4, 0.5) is 0 Å². The summed E-state index contributed by atoms with van der Waals surface area (Å²) in [4.78, 5) is 3.51. The molecule has 1 N–H and O–H groups in total. The van der Waals surface area contributed by atoms with Crippen molar-refractivity contribution in [1.82, 2.24) is 19.7 Å². The first-order valence-electron chi connectivity index (χ1n) is 6.52. The molecular weight excluding hydrogens is 276 g/mol. The number of nitrogens with zero attached hydrogens (tertiary/aromatic N) is 3. The van der Waals surface area contributed by atoms with Crippen LogP contribution in [0.5, 0.6) is 0 Å². The highest BCUT2D eigenvalue weighted by molar-refractivity contribution is 7.71. The van der Waals surface area contributed by atoms with Gasteiger partial charge in [0.2, 0.25) is 0 Å². The van der Waals surface area contributed by atoms with Crippen LogP contribution in [0.2, 0.25) is 0 Å². The Bertz CT molecular complexity index is 555. The minimum atomic E-state index is 0.589. The van der Waals surface area contributed by atoms with E-state index in [4.69, 9.17) is 12.2 Å². The summed E-state index contributed by atoms with van der Waals surface area (Å²) in [7, 11) is 2.16. The van der Waals surface area contributed by atoms with Crippen LogP contribution in [0, 0.1) is 4.77 Å². The average Bonchev–Trinajstić information content (AvgIpc) is 3.04. The Hall–Kier alpha value is -0.980. The summed E-state index contributed by atoms with van der Waals surface area (Å²) in [5.41, 5.74) is 0. The molecule has 0 saturated carbocycles. The van der Waals surface area contributed by atoms with Gasteiger partial charge in [0.25, 0.3) is 0 Å². The normalized spacial score (nSPS) is 13.1. The molecule has 2 aromatic heterocycles. The smallest absolute Gasteiger partial charge is 0.195 e. The first kappa shape index (κ1) is 14.4. The van der Waals surface area contributed by atoms with Gasteiger partial charge in [-0.2, -0.15) is 5.10 Å². The number of likely N-dealkylation sites (N-methyl/N-ethyl adjacent to an activating group) is 1. The lowest BCUT2D eigenvalue weighted by Crippen LogP contribution is -2.31. The average molecular weight is 296 g/mol. The Balaban J connectivity index is 2.13. The summed E-state index contributed by atoms with van der Waals surface area (Å²) in [5, 5.41) is 9.29. The molecular formula is C13H20N4S2. The molecule has 0 saturated heterocycles. The van der Waals surface area contributed by atoms with Crippen LogP contribution >= 0.6 is 23.6 Å². The second kappa shape index (κ2) is 6.45. The van der Waals surface area contributed by atoms with Crippen LogP contribution in [-0.4, -0.2) is 39.3 Å². The maximum atomic E-state index is 5.32. The largest absolute Gasteiger partial charge is 0.302 e. The van der Waals surface area contributed by atoms with Crippen LogP contribution in [0.1, 0.15) is 20.3 Å². The van der Waals surface area contributed by atoms with E-state index in [9.17, 15) is 0 Å². The van der Waals surface area contributed by atoms with E-state index in [2.05, 4.69) is 52.0 Å². The summed E-state index contributed by atoms with van der Waals surface area (Å²) in [6.07, 6.45) is 1.16. The number of H-pyrrole nitrogens is 1. The molecule has 1 unspecified atom stereocenters. The lowest BCUT2D eigenvalue weighted by atomic mass is 10.2. The summed E-state index contributed by atoms with van der Waals surface area (Å²) in [6.45, 7) is 6.29. The number of hydrogen-bond donors (Lipinski definition) is 1. The van der Waals surface area contributed by atoms with Crippen molar-refractivity contribution in [2.45, 2.75) is 32.9 Å². The molecule has 0 amide bonds. The molecule has 0 bridgehead atoms. The van der Waals surface area contributed by atoms with Crippen LogP contribution in [-0.2, 0) is 6.54 Å². The van der Waals surface area contributed by atoms with Crippen LogP contribution in [0.15, 0.2) is 17.5 Å². The summed E-state index contributed by atoms with van der Waals surface area (Å²) >= 11 is 7.01. The summed E-state index contributed by atoms with van der Waals surface area (Å²) in [5.74, 6) is 0.942. The van der Waals surface area contributed by atoms with E-state index in [1.54, 1.807) is 11.3 Å². The lowest BCUT2D eigenvalue weighted by Gasteiger charge is -2.23. The molecule has 0 aromatic carbocycles. The van der Waals surface area contributed by atoms with Crippen molar-refractivity contribution in [3.8, 4) is 10.7 Å². The number of hydrogen-bond acceptors (Lipinski definition) is 4. The summed E-state index contributed by atoms with van der Waals surface area (Å²) < 4.78 is 2.78. The summed E-state index contributed by atoms with van der Waals surface area (Å²) in [6, 6.07) is 4.70. The van der Waals surface area contributed by atoms with Gasteiger partial charge in [-0.25, -0.2) is 0 Å². The molecule has 0 aliphatic rings. The zero-order chi connectivity index (χ0) is 13.8. The van der Waals surface area contributed by atoms with E-state index in [-0.39, 0.29) is 0 Å². The number of aromatic nitrogens is 3. The van der Waals surface area contributed by atoms with Gasteiger partial charge in [0.05, 0.1) is 4.88 Å². The SMILES string of the molecule is CCC(C)N(C)CCn1c(-c2cccs2)n[nH]c1=S. The van der Waals surface area contributed by atoms with Crippen molar-refractivity contribution < 1.29 is 0 Å². The Morgan fingerprint density at radius 3 is 3.00 bits per heavy atom. The Kier molecular flexibility index (Phi) is 4.90. The third-order valence-corrected chi connectivity index (χ3v) is 4.70. The quantitative estimate of drug-likeness (QED) is 0.830. The zero-order valence-electron chi connectivity index (χ0n) is 11.6. The van der Waals surface area contributed by atoms with Crippen molar-refractivity contribution in [2.75, 3.05) is 13.6 Å². The molecule has 0 aliphatic carbocycles. The molecule has 0 aliphatic heterocycles. The first-order valence-corrected chi connectivity index (χ1v) is 7.81. The highest BCUT2D eigenvalue weighted by atomic mass is 32.1. The highest BCUT2D eigenvalue weighted by Crippen LogP contribution is 2.22. The minimum absolute atomic E-state index is 0.589. The molecule has 4 nitrogen and oxygen atoms in total. The van der Waals surface area contributed by atoms with E-state index in [1.165, 1.54) is 0 Å². The minimum Gasteiger partial charge on any atom is -0.302 e. The van der Waals surface area contributed by atoms with Crippen LogP contribution < -0.4 is 0 Å². The zero-order valence-corrected chi connectivity index (χ0v) is 13.2. The second-order valence-corrected chi connectivity index (χ2v) is 6.05. The van der Waals surface area contributed by atoms with E-state index in [1.807, 2.05) is 6.07 Å². The Morgan fingerprint density at radius 2 is 2.37 bits per heavy atom. The highest BCUT2D eigenvalue weighted by Gasteiger charge is 2.12. The Morgan fingerprint density at radius 1 is 1.58 bits per heavy atom.